The van der Waals surface area contributed by atoms with E-state index >= 15 is 0 Å². The molecule has 0 bridgehead atoms. The highest BCUT2D eigenvalue weighted by atomic mass is 19.1. The number of hydrogen-bond donors (Lipinski definition) is 2. The minimum Gasteiger partial charge on any atom is -0.491 e. The lowest BCUT2D eigenvalue weighted by atomic mass is 9.87. The van der Waals surface area contributed by atoms with Crippen molar-refractivity contribution >= 4 is 22.8 Å². The van der Waals surface area contributed by atoms with Crippen LogP contribution in [0.3, 0.4) is 0 Å². The lowest BCUT2D eigenvalue weighted by Crippen LogP contribution is -2.32. The van der Waals surface area contributed by atoms with E-state index in [1.807, 2.05) is 26.0 Å². The molecule has 0 radical (unpaired) electrons. The van der Waals surface area contributed by atoms with E-state index in [4.69, 9.17) is 25.4 Å². The zero-order valence-electron chi connectivity index (χ0n) is 18.0. The second kappa shape index (κ2) is 9.01. The number of nitrogens with two attached hydrogens (primary N) is 2. The van der Waals surface area contributed by atoms with Crippen molar-refractivity contribution in [2.45, 2.75) is 39.2 Å². The van der Waals surface area contributed by atoms with Gasteiger partial charge in [-0.3, -0.25) is 4.90 Å². The maximum atomic E-state index is 14.5. The maximum Gasteiger partial charge on any atom is 0.292 e. The summed E-state index contributed by atoms with van der Waals surface area (Å²) < 4.78 is 30.9. The standard InChI is InChI=1S/C23H29FN4O3/c1-3-29-18-11-14(12-19(21(18)24)30-4-2)13-28-9-7-15(8-10-28)20-16(25)5-6-17-22(20)27-23(26)31-17/h5-6,11-12,15H,3-4,7-10,13,25H2,1-2H3,(H2,26,27). The van der Waals surface area contributed by atoms with Gasteiger partial charge in [-0.05, 0) is 75.5 Å². The van der Waals surface area contributed by atoms with E-state index < -0.39 is 5.82 Å². The van der Waals surface area contributed by atoms with Gasteiger partial charge >= 0.3 is 0 Å². The molecular formula is C23H29FN4O3. The van der Waals surface area contributed by atoms with E-state index in [0.29, 0.717) is 25.3 Å². The minimum atomic E-state index is -0.443. The highest BCUT2D eigenvalue weighted by Gasteiger charge is 2.26. The number of hydrogen-bond acceptors (Lipinski definition) is 7. The van der Waals surface area contributed by atoms with Gasteiger partial charge < -0.3 is 25.4 Å². The number of anilines is 2. The van der Waals surface area contributed by atoms with Gasteiger partial charge in [0.15, 0.2) is 17.1 Å². The summed E-state index contributed by atoms with van der Waals surface area (Å²) in [5.74, 6) is 0.320. The first-order valence-electron chi connectivity index (χ1n) is 10.7. The van der Waals surface area contributed by atoms with Crippen LogP contribution < -0.4 is 20.9 Å². The van der Waals surface area contributed by atoms with E-state index in [2.05, 4.69) is 9.88 Å². The van der Waals surface area contributed by atoms with Gasteiger partial charge in [0.25, 0.3) is 6.01 Å². The van der Waals surface area contributed by atoms with Crippen LogP contribution in [0.1, 0.15) is 43.7 Å². The van der Waals surface area contributed by atoms with Crippen molar-refractivity contribution in [3.8, 4) is 11.5 Å². The molecule has 1 aliphatic heterocycles. The number of aromatic nitrogens is 1. The third-order valence-electron chi connectivity index (χ3n) is 5.72. The van der Waals surface area contributed by atoms with Gasteiger partial charge in [0.05, 0.1) is 13.2 Å². The Morgan fingerprint density at radius 1 is 1.10 bits per heavy atom. The van der Waals surface area contributed by atoms with Crippen LogP contribution in [0.4, 0.5) is 16.1 Å². The third-order valence-corrected chi connectivity index (χ3v) is 5.72. The summed E-state index contributed by atoms with van der Waals surface area (Å²) in [5.41, 5.74) is 16.2. The van der Waals surface area contributed by atoms with Crippen LogP contribution >= 0.6 is 0 Å². The van der Waals surface area contributed by atoms with E-state index in [0.717, 1.165) is 48.3 Å². The number of likely N-dealkylation sites (tertiary alicyclic amines) is 1. The molecule has 0 unspecified atom stereocenters. The van der Waals surface area contributed by atoms with Crippen molar-refractivity contribution in [3.63, 3.8) is 0 Å². The average Bonchev–Trinajstić information content (AvgIpc) is 3.13. The Labute approximate surface area is 181 Å². The number of ether oxygens (including phenoxy) is 2. The first-order chi connectivity index (χ1) is 15.0. The molecular weight excluding hydrogens is 399 g/mol. The van der Waals surface area contributed by atoms with Crippen molar-refractivity contribution in [1.82, 2.24) is 9.88 Å². The number of nitrogens with zero attached hydrogens (tertiary/aromatic N) is 2. The summed E-state index contributed by atoms with van der Waals surface area (Å²) in [4.78, 5) is 6.70. The van der Waals surface area contributed by atoms with Gasteiger partial charge in [-0.25, -0.2) is 0 Å². The number of benzene rings is 2. The average molecular weight is 429 g/mol. The van der Waals surface area contributed by atoms with Crippen molar-refractivity contribution in [2.24, 2.45) is 0 Å². The van der Waals surface area contributed by atoms with Crippen LogP contribution in [0, 0.1) is 5.82 Å². The smallest absolute Gasteiger partial charge is 0.292 e. The van der Waals surface area contributed by atoms with Gasteiger partial charge in [-0.1, -0.05) is 0 Å². The molecule has 31 heavy (non-hydrogen) atoms. The first-order valence-corrected chi connectivity index (χ1v) is 10.7. The Bertz CT molecular complexity index is 1030. The molecule has 1 aliphatic rings. The lowest BCUT2D eigenvalue weighted by Gasteiger charge is -2.32. The Morgan fingerprint density at radius 2 is 1.74 bits per heavy atom. The Kier molecular flexibility index (Phi) is 6.18. The molecule has 4 rings (SSSR count). The summed E-state index contributed by atoms with van der Waals surface area (Å²) in [6, 6.07) is 7.37. The van der Waals surface area contributed by atoms with Crippen molar-refractivity contribution in [3.05, 3.63) is 41.2 Å². The summed E-state index contributed by atoms with van der Waals surface area (Å²) in [6.45, 7) is 6.95. The van der Waals surface area contributed by atoms with Gasteiger partial charge in [0, 0.05) is 17.8 Å². The van der Waals surface area contributed by atoms with Crippen LogP contribution in [-0.2, 0) is 6.54 Å². The molecule has 2 heterocycles. The largest absolute Gasteiger partial charge is 0.491 e. The summed E-state index contributed by atoms with van der Waals surface area (Å²) >= 11 is 0. The number of oxazole rings is 1. The molecule has 0 saturated carbocycles. The summed E-state index contributed by atoms with van der Waals surface area (Å²) in [6.07, 6.45) is 1.88. The minimum absolute atomic E-state index is 0.158. The molecule has 8 heteroatoms. The van der Waals surface area contributed by atoms with Gasteiger partial charge in [-0.2, -0.15) is 9.37 Å². The van der Waals surface area contributed by atoms with Crippen molar-refractivity contribution in [2.75, 3.05) is 37.8 Å². The predicted octanol–water partition coefficient (Wildman–Crippen LogP) is 4.31. The molecule has 1 saturated heterocycles. The van der Waals surface area contributed by atoms with E-state index in [-0.39, 0.29) is 23.4 Å². The Hall–Kier alpha value is -3.00. The van der Waals surface area contributed by atoms with Gasteiger partial charge in [-0.15, -0.1) is 0 Å². The van der Waals surface area contributed by atoms with E-state index in [9.17, 15) is 4.39 Å². The SMILES string of the molecule is CCOc1cc(CN2CCC(c3c(N)ccc4oc(N)nc34)CC2)cc(OCC)c1F. The molecule has 0 atom stereocenters. The molecule has 166 valence electrons. The zero-order chi connectivity index (χ0) is 22.0. The number of nitrogen functional groups attached to an aromatic ring is 2. The van der Waals surface area contributed by atoms with E-state index in [1.165, 1.54) is 0 Å². The fraction of sp³-hybridized carbons (Fsp3) is 0.435. The molecule has 0 spiro atoms. The fourth-order valence-corrected chi connectivity index (χ4v) is 4.35. The molecule has 2 aromatic carbocycles. The summed E-state index contributed by atoms with van der Waals surface area (Å²) in [7, 11) is 0. The van der Waals surface area contributed by atoms with Crippen LogP contribution in [0.25, 0.3) is 11.1 Å². The predicted molar refractivity (Wildman–Crippen MR) is 119 cm³/mol. The van der Waals surface area contributed by atoms with Crippen LogP contribution in [0.5, 0.6) is 11.5 Å². The number of halogens is 1. The third kappa shape index (κ3) is 4.39. The highest BCUT2D eigenvalue weighted by Crippen LogP contribution is 2.38. The van der Waals surface area contributed by atoms with Crippen LogP contribution in [0.15, 0.2) is 28.7 Å². The van der Waals surface area contributed by atoms with Gasteiger partial charge in [0.2, 0.25) is 5.82 Å². The highest BCUT2D eigenvalue weighted by molar-refractivity contribution is 5.84. The molecule has 0 aliphatic carbocycles. The number of fused-ring (bicyclic) bond motifs is 1. The van der Waals surface area contributed by atoms with E-state index in [1.54, 1.807) is 12.1 Å². The lowest BCUT2D eigenvalue weighted by molar-refractivity contribution is 0.204. The molecule has 0 amide bonds. The van der Waals surface area contributed by atoms with Crippen LogP contribution in [-0.4, -0.2) is 36.2 Å². The molecule has 4 N–H and O–H groups in total. The Balaban J connectivity index is 1.48. The van der Waals surface area contributed by atoms with Crippen molar-refractivity contribution < 1.29 is 18.3 Å². The maximum absolute atomic E-state index is 14.5. The monoisotopic (exact) mass is 428 g/mol. The van der Waals surface area contributed by atoms with Crippen LogP contribution in [0.2, 0.25) is 0 Å². The van der Waals surface area contributed by atoms with Gasteiger partial charge in [0.1, 0.15) is 5.52 Å². The second-order valence-corrected chi connectivity index (χ2v) is 7.79. The topological polar surface area (TPSA) is 99.8 Å². The summed E-state index contributed by atoms with van der Waals surface area (Å²) in [5, 5.41) is 0. The second-order valence-electron chi connectivity index (χ2n) is 7.79. The Morgan fingerprint density at radius 3 is 2.35 bits per heavy atom. The fourth-order valence-electron chi connectivity index (χ4n) is 4.35. The molecule has 1 aromatic heterocycles. The molecule has 7 nitrogen and oxygen atoms in total. The molecule has 3 aromatic rings. The van der Waals surface area contributed by atoms with Crippen molar-refractivity contribution in [1.29, 1.82) is 0 Å². The number of piperidine rings is 1. The normalized spacial score (nSPS) is 15.5. The quantitative estimate of drug-likeness (QED) is 0.541. The molecule has 1 fully saturated rings. The zero-order valence-corrected chi connectivity index (χ0v) is 18.0. The number of rotatable bonds is 7. The first kappa shape index (κ1) is 21.2.